The van der Waals surface area contributed by atoms with E-state index in [-0.39, 0.29) is 23.7 Å². The number of benzene rings is 1. The fourth-order valence-corrected chi connectivity index (χ4v) is 4.63. The third-order valence-electron chi connectivity index (χ3n) is 5.96. The van der Waals surface area contributed by atoms with Crippen molar-refractivity contribution in [3.63, 3.8) is 0 Å². The SMILES string of the molecule is CC1CC(=O)N(C)c2ccc(C3=NN(C)C(=O)C4CCCC34)cc2C1. The van der Waals surface area contributed by atoms with Crippen LogP contribution in [0.3, 0.4) is 0 Å². The van der Waals surface area contributed by atoms with Crippen LogP contribution in [0.4, 0.5) is 5.69 Å². The molecule has 0 N–H and O–H groups in total. The lowest BCUT2D eigenvalue weighted by atomic mass is 9.84. The van der Waals surface area contributed by atoms with Crippen LogP contribution in [-0.4, -0.2) is 36.6 Å². The molecule has 4 rings (SSSR count). The summed E-state index contributed by atoms with van der Waals surface area (Å²) in [4.78, 5) is 26.4. The zero-order valence-corrected chi connectivity index (χ0v) is 15.2. The van der Waals surface area contributed by atoms with Crippen molar-refractivity contribution in [2.24, 2.45) is 22.9 Å². The molecule has 3 atom stereocenters. The van der Waals surface area contributed by atoms with E-state index >= 15 is 0 Å². The van der Waals surface area contributed by atoms with Gasteiger partial charge in [0.05, 0.1) is 5.71 Å². The van der Waals surface area contributed by atoms with Crippen LogP contribution in [0.5, 0.6) is 0 Å². The quantitative estimate of drug-likeness (QED) is 0.790. The molecule has 1 aromatic rings. The Morgan fingerprint density at radius 1 is 1.08 bits per heavy atom. The van der Waals surface area contributed by atoms with Crippen molar-refractivity contribution < 1.29 is 9.59 Å². The molecule has 3 unspecified atom stereocenters. The molecule has 0 radical (unpaired) electrons. The number of carbonyl (C=O) groups excluding carboxylic acids is 2. The minimum Gasteiger partial charge on any atom is -0.315 e. The van der Waals surface area contributed by atoms with Crippen LogP contribution in [-0.2, 0) is 16.0 Å². The minimum atomic E-state index is 0.0829. The molecule has 3 aliphatic rings. The van der Waals surface area contributed by atoms with Gasteiger partial charge in [-0.25, -0.2) is 5.01 Å². The maximum absolute atomic E-state index is 12.4. The fourth-order valence-electron chi connectivity index (χ4n) is 4.63. The van der Waals surface area contributed by atoms with Gasteiger partial charge in [-0.2, -0.15) is 5.10 Å². The lowest BCUT2D eigenvalue weighted by molar-refractivity contribution is -0.135. The number of hydrogen-bond donors (Lipinski definition) is 0. The summed E-state index contributed by atoms with van der Waals surface area (Å²) < 4.78 is 0. The molecule has 0 spiro atoms. The predicted octanol–water partition coefficient (Wildman–Crippen LogP) is 2.82. The van der Waals surface area contributed by atoms with E-state index in [1.165, 1.54) is 10.6 Å². The summed E-state index contributed by atoms with van der Waals surface area (Å²) in [6, 6.07) is 6.30. The Labute approximate surface area is 148 Å². The van der Waals surface area contributed by atoms with E-state index in [4.69, 9.17) is 0 Å². The number of nitrogens with zero attached hydrogens (tertiary/aromatic N) is 3. The zero-order chi connectivity index (χ0) is 17.7. The number of hydrogen-bond acceptors (Lipinski definition) is 3. The highest BCUT2D eigenvalue weighted by atomic mass is 16.2. The Hall–Kier alpha value is -2.17. The van der Waals surface area contributed by atoms with Crippen molar-refractivity contribution in [2.45, 2.75) is 39.0 Å². The summed E-state index contributed by atoms with van der Waals surface area (Å²) in [6.45, 7) is 2.13. The van der Waals surface area contributed by atoms with Gasteiger partial charge < -0.3 is 4.90 Å². The topological polar surface area (TPSA) is 53.0 Å². The number of rotatable bonds is 1. The Morgan fingerprint density at radius 3 is 2.64 bits per heavy atom. The van der Waals surface area contributed by atoms with Crippen LogP contribution < -0.4 is 4.90 Å². The van der Waals surface area contributed by atoms with Crippen LogP contribution in [0.25, 0.3) is 0 Å². The van der Waals surface area contributed by atoms with E-state index in [1.807, 2.05) is 13.1 Å². The molecule has 0 aromatic heterocycles. The van der Waals surface area contributed by atoms with E-state index in [0.717, 1.165) is 42.6 Å². The van der Waals surface area contributed by atoms with E-state index < -0.39 is 0 Å². The molecule has 5 heteroatoms. The van der Waals surface area contributed by atoms with Gasteiger partial charge in [0, 0.05) is 38.0 Å². The van der Waals surface area contributed by atoms with Gasteiger partial charge in [0.25, 0.3) is 0 Å². The summed E-state index contributed by atoms with van der Waals surface area (Å²) in [5, 5.41) is 6.14. The summed E-state index contributed by atoms with van der Waals surface area (Å²) in [7, 11) is 3.62. The molecule has 1 saturated carbocycles. The molecular weight excluding hydrogens is 314 g/mol. The van der Waals surface area contributed by atoms with Crippen LogP contribution >= 0.6 is 0 Å². The molecule has 1 aromatic carbocycles. The standard InChI is InChI=1S/C20H25N3O2/c1-12-9-14-11-13(7-8-17(14)22(2)18(24)10-12)19-15-5-4-6-16(15)20(25)23(3)21-19/h7-8,11-12,15-16H,4-6,9-10H2,1-3H3. The molecular formula is C20H25N3O2. The highest BCUT2D eigenvalue weighted by molar-refractivity contribution is 6.07. The third kappa shape index (κ3) is 2.66. The average molecular weight is 339 g/mol. The van der Waals surface area contributed by atoms with Crippen molar-refractivity contribution in [1.29, 1.82) is 0 Å². The molecule has 5 nitrogen and oxygen atoms in total. The summed E-state index contributed by atoms with van der Waals surface area (Å²) >= 11 is 0. The van der Waals surface area contributed by atoms with Crippen molar-refractivity contribution in [1.82, 2.24) is 5.01 Å². The number of anilines is 1. The van der Waals surface area contributed by atoms with Gasteiger partial charge in [0.1, 0.15) is 0 Å². The second-order valence-corrected chi connectivity index (χ2v) is 7.80. The molecule has 2 heterocycles. The molecule has 2 amide bonds. The maximum Gasteiger partial charge on any atom is 0.246 e. The number of fused-ring (bicyclic) bond motifs is 2. The Morgan fingerprint density at radius 2 is 1.84 bits per heavy atom. The average Bonchev–Trinajstić information content (AvgIpc) is 3.03. The van der Waals surface area contributed by atoms with Gasteiger partial charge in [-0.3, -0.25) is 9.59 Å². The van der Waals surface area contributed by atoms with E-state index in [1.54, 1.807) is 11.9 Å². The van der Waals surface area contributed by atoms with Gasteiger partial charge in [0.2, 0.25) is 11.8 Å². The number of hydrazone groups is 1. The van der Waals surface area contributed by atoms with Crippen LogP contribution in [0, 0.1) is 17.8 Å². The van der Waals surface area contributed by atoms with Crippen LogP contribution in [0.15, 0.2) is 23.3 Å². The minimum absolute atomic E-state index is 0.0829. The Balaban J connectivity index is 1.76. The predicted molar refractivity (Wildman–Crippen MR) is 97.5 cm³/mol. The normalized spacial score (nSPS) is 29.2. The monoisotopic (exact) mass is 339 g/mol. The first-order valence-corrected chi connectivity index (χ1v) is 9.21. The fraction of sp³-hybridized carbons (Fsp3) is 0.550. The highest BCUT2D eigenvalue weighted by Gasteiger charge is 2.41. The van der Waals surface area contributed by atoms with Gasteiger partial charge in [-0.15, -0.1) is 0 Å². The second-order valence-electron chi connectivity index (χ2n) is 7.80. The lowest BCUT2D eigenvalue weighted by Gasteiger charge is -2.30. The Kier molecular flexibility index (Phi) is 3.89. The van der Waals surface area contributed by atoms with Gasteiger partial charge in [-0.05, 0) is 48.4 Å². The van der Waals surface area contributed by atoms with Crippen LogP contribution in [0.1, 0.15) is 43.7 Å². The molecule has 2 aliphatic heterocycles. The van der Waals surface area contributed by atoms with E-state index in [2.05, 4.69) is 24.2 Å². The maximum atomic E-state index is 12.4. The van der Waals surface area contributed by atoms with Gasteiger partial charge in [-0.1, -0.05) is 19.4 Å². The number of carbonyl (C=O) groups is 2. The summed E-state index contributed by atoms with van der Waals surface area (Å²) in [5.41, 5.74) is 4.35. The smallest absolute Gasteiger partial charge is 0.246 e. The van der Waals surface area contributed by atoms with Gasteiger partial charge >= 0.3 is 0 Å². The molecule has 1 aliphatic carbocycles. The Bertz CT molecular complexity index is 770. The van der Waals surface area contributed by atoms with Crippen molar-refractivity contribution in [3.8, 4) is 0 Å². The molecule has 0 bridgehead atoms. The van der Waals surface area contributed by atoms with Crippen molar-refractivity contribution in [2.75, 3.05) is 19.0 Å². The zero-order valence-electron chi connectivity index (χ0n) is 15.2. The number of amides is 2. The van der Waals surface area contributed by atoms with E-state index in [0.29, 0.717) is 12.3 Å². The van der Waals surface area contributed by atoms with Crippen molar-refractivity contribution in [3.05, 3.63) is 29.3 Å². The van der Waals surface area contributed by atoms with E-state index in [9.17, 15) is 9.59 Å². The largest absolute Gasteiger partial charge is 0.315 e. The third-order valence-corrected chi connectivity index (χ3v) is 5.96. The molecule has 25 heavy (non-hydrogen) atoms. The summed E-state index contributed by atoms with van der Waals surface area (Å²) in [5.74, 6) is 0.988. The first kappa shape index (κ1) is 16.3. The molecule has 0 saturated heterocycles. The van der Waals surface area contributed by atoms with Gasteiger partial charge in [0.15, 0.2) is 0 Å². The summed E-state index contributed by atoms with van der Waals surface area (Å²) in [6.07, 6.45) is 4.58. The first-order valence-electron chi connectivity index (χ1n) is 9.21. The van der Waals surface area contributed by atoms with Crippen LogP contribution in [0.2, 0.25) is 0 Å². The lowest BCUT2D eigenvalue weighted by Crippen LogP contribution is -2.40. The second kappa shape index (κ2) is 5.97. The molecule has 1 fully saturated rings. The first-order chi connectivity index (χ1) is 12.0. The molecule has 132 valence electrons. The highest BCUT2D eigenvalue weighted by Crippen LogP contribution is 2.39. The van der Waals surface area contributed by atoms with Crippen molar-refractivity contribution >= 4 is 23.2 Å².